The second-order valence-electron chi connectivity index (χ2n) is 4.40. The van der Waals surface area contributed by atoms with Gasteiger partial charge in [0.25, 0.3) is 0 Å². The molecule has 1 heterocycles. The van der Waals surface area contributed by atoms with Gasteiger partial charge in [0.15, 0.2) is 0 Å². The molecule has 0 bridgehead atoms. The first-order valence-corrected chi connectivity index (χ1v) is 6.27. The van der Waals surface area contributed by atoms with Crippen LogP contribution < -0.4 is 5.32 Å². The van der Waals surface area contributed by atoms with E-state index in [1.807, 2.05) is 24.7 Å². The van der Waals surface area contributed by atoms with Crippen molar-refractivity contribution in [3.05, 3.63) is 53.6 Å². The Hall–Kier alpha value is -1.75. The van der Waals surface area contributed by atoms with Crippen LogP contribution in [-0.2, 0) is 13.5 Å². The maximum absolute atomic E-state index is 13.8. The van der Waals surface area contributed by atoms with Crippen molar-refractivity contribution in [1.82, 2.24) is 14.9 Å². The van der Waals surface area contributed by atoms with E-state index >= 15 is 0 Å². The monoisotopic (exact) mass is 265 g/mol. The van der Waals surface area contributed by atoms with Crippen molar-refractivity contribution >= 4 is 0 Å². The highest BCUT2D eigenvalue weighted by Gasteiger charge is 2.21. The number of halogens is 2. The molecule has 1 N–H and O–H groups in total. The van der Waals surface area contributed by atoms with Crippen LogP contribution in [0.15, 0.2) is 30.6 Å². The zero-order valence-corrected chi connectivity index (χ0v) is 11.0. The van der Waals surface area contributed by atoms with Gasteiger partial charge in [-0.25, -0.2) is 13.8 Å². The van der Waals surface area contributed by atoms with Crippen LogP contribution in [0.25, 0.3) is 0 Å². The van der Waals surface area contributed by atoms with E-state index in [1.54, 1.807) is 6.20 Å². The number of aryl methyl sites for hydroxylation is 1. The molecule has 3 nitrogen and oxygen atoms in total. The van der Waals surface area contributed by atoms with E-state index in [9.17, 15) is 8.78 Å². The molecule has 1 aromatic carbocycles. The minimum absolute atomic E-state index is 0.0763. The van der Waals surface area contributed by atoms with Crippen LogP contribution >= 0.6 is 0 Å². The summed E-state index contributed by atoms with van der Waals surface area (Å²) in [6.45, 7) is 2.53. The molecule has 0 saturated carbocycles. The summed E-state index contributed by atoms with van der Waals surface area (Å²) in [6, 6.07) is 3.51. The number of aromatic nitrogens is 2. The Morgan fingerprint density at radius 2 is 2.00 bits per heavy atom. The molecule has 0 fully saturated rings. The summed E-state index contributed by atoms with van der Waals surface area (Å²) >= 11 is 0. The predicted molar refractivity (Wildman–Crippen MR) is 69.7 cm³/mol. The van der Waals surface area contributed by atoms with Gasteiger partial charge in [-0.2, -0.15) is 0 Å². The fourth-order valence-corrected chi connectivity index (χ4v) is 2.14. The van der Waals surface area contributed by atoms with Gasteiger partial charge < -0.3 is 9.88 Å². The van der Waals surface area contributed by atoms with Crippen LogP contribution in [0.4, 0.5) is 8.78 Å². The Labute approximate surface area is 111 Å². The molecule has 0 amide bonds. The second-order valence-corrected chi connectivity index (χ2v) is 4.40. The lowest BCUT2D eigenvalue weighted by Crippen LogP contribution is -2.26. The number of rotatable bonds is 5. The molecule has 0 radical (unpaired) electrons. The van der Waals surface area contributed by atoms with Crippen LogP contribution in [0.3, 0.4) is 0 Å². The minimum Gasteiger partial charge on any atom is -0.338 e. The maximum atomic E-state index is 13.8. The highest BCUT2D eigenvalue weighted by Crippen LogP contribution is 2.23. The normalized spacial score (nSPS) is 12.6. The van der Waals surface area contributed by atoms with Crippen LogP contribution in [0, 0.1) is 11.6 Å². The first-order chi connectivity index (χ1) is 9.13. The summed E-state index contributed by atoms with van der Waals surface area (Å²) < 4.78 is 29.5. The van der Waals surface area contributed by atoms with Crippen molar-refractivity contribution in [2.75, 3.05) is 6.54 Å². The number of nitrogens with one attached hydrogen (secondary N) is 1. The third-order valence-electron chi connectivity index (χ3n) is 3.11. The van der Waals surface area contributed by atoms with Gasteiger partial charge in [-0.15, -0.1) is 0 Å². The Bertz CT molecular complexity index is 531. The molecule has 5 heteroatoms. The molecule has 1 atom stereocenters. The maximum Gasteiger partial charge on any atom is 0.130 e. The number of hydrogen-bond acceptors (Lipinski definition) is 2. The molecule has 0 saturated heterocycles. The van der Waals surface area contributed by atoms with E-state index in [0.717, 1.165) is 5.82 Å². The molecule has 0 spiro atoms. The summed E-state index contributed by atoms with van der Waals surface area (Å²) in [5.74, 6) is -0.270. The van der Waals surface area contributed by atoms with Gasteiger partial charge in [-0.05, 0) is 18.7 Å². The third-order valence-corrected chi connectivity index (χ3v) is 3.11. The fraction of sp³-hybridized carbons (Fsp3) is 0.357. The summed E-state index contributed by atoms with van der Waals surface area (Å²) in [4.78, 5) is 4.20. The van der Waals surface area contributed by atoms with Crippen LogP contribution in [0.2, 0.25) is 0 Å². The Morgan fingerprint density at radius 3 is 2.53 bits per heavy atom. The second kappa shape index (κ2) is 5.93. The van der Waals surface area contributed by atoms with Gasteiger partial charge in [0, 0.05) is 37.5 Å². The van der Waals surface area contributed by atoms with Gasteiger partial charge in [0.2, 0.25) is 0 Å². The number of hydrogen-bond donors (Lipinski definition) is 1. The molecule has 0 aliphatic carbocycles. The quantitative estimate of drug-likeness (QED) is 0.900. The van der Waals surface area contributed by atoms with Gasteiger partial charge in [-0.3, -0.25) is 0 Å². The highest BCUT2D eigenvalue weighted by atomic mass is 19.1. The molecule has 2 rings (SSSR count). The zero-order chi connectivity index (χ0) is 13.8. The van der Waals surface area contributed by atoms with Crippen molar-refractivity contribution in [3.63, 3.8) is 0 Å². The Kier molecular flexibility index (Phi) is 4.27. The van der Waals surface area contributed by atoms with Crippen LogP contribution in [-0.4, -0.2) is 16.1 Å². The Balaban J connectivity index is 2.32. The molecular weight excluding hydrogens is 248 g/mol. The van der Waals surface area contributed by atoms with E-state index in [1.165, 1.54) is 18.2 Å². The van der Waals surface area contributed by atoms with Gasteiger partial charge in [0.05, 0.1) is 0 Å². The lowest BCUT2D eigenvalue weighted by Gasteiger charge is -2.19. The van der Waals surface area contributed by atoms with Crippen LogP contribution in [0.1, 0.15) is 24.4 Å². The van der Waals surface area contributed by atoms with Crippen molar-refractivity contribution < 1.29 is 8.78 Å². The predicted octanol–water partition coefficient (Wildman–Crippen LogP) is 2.59. The molecule has 1 unspecified atom stereocenters. The minimum atomic E-state index is -0.528. The number of benzene rings is 1. The van der Waals surface area contributed by atoms with E-state index in [4.69, 9.17) is 0 Å². The summed E-state index contributed by atoms with van der Waals surface area (Å²) in [5.41, 5.74) is 0.0763. The molecule has 2 aromatic rings. The van der Waals surface area contributed by atoms with E-state index in [2.05, 4.69) is 10.3 Å². The van der Waals surface area contributed by atoms with Gasteiger partial charge >= 0.3 is 0 Å². The van der Waals surface area contributed by atoms with E-state index in [-0.39, 0.29) is 5.56 Å². The third kappa shape index (κ3) is 2.98. The van der Waals surface area contributed by atoms with E-state index in [0.29, 0.717) is 13.0 Å². The lowest BCUT2D eigenvalue weighted by molar-refractivity contribution is 0.463. The molecule has 0 aliphatic rings. The smallest absolute Gasteiger partial charge is 0.130 e. The zero-order valence-electron chi connectivity index (χ0n) is 11.0. The van der Waals surface area contributed by atoms with Crippen molar-refractivity contribution in [3.8, 4) is 0 Å². The van der Waals surface area contributed by atoms with Crippen LogP contribution in [0.5, 0.6) is 0 Å². The molecule has 102 valence electrons. The average Bonchev–Trinajstić information content (AvgIpc) is 2.75. The standard InChI is InChI=1S/C14H17F2N3/c1-3-17-12(9-13-18-7-8-19(13)2)14-10(15)5-4-6-11(14)16/h4-8,12,17H,3,9H2,1-2H3. The first kappa shape index (κ1) is 13.7. The largest absolute Gasteiger partial charge is 0.338 e. The van der Waals surface area contributed by atoms with E-state index < -0.39 is 17.7 Å². The Morgan fingerprint density at radius 1 is 1.32 bits per heavy atom. The highest BCUT2D eigenvalue weighted by molar-refractivity contribution is 5.24. The topological polar surface area (TPSA) is 29.9 Å². The fourth-order valence-electron chi connectivity index (χ4n) is 2.14. The van der Waals surface area contributed by atoms with Gasteiger partial charge in [-0.1, -0.05) is 13.0 Å². The molecular formula is C14H17F2N3. The van der Waals surface area contributed by atoms with Gasteiger partial charge in [0.1, 0.15) is 17.5 Å². The summed E-state index contributed by atoms with van der Waals surface area (Å²) in [7, 11) is 1.86. The van der Waals surface area contributed by atoms with Crippen molar-refractivity contribution in [2.24, 2.45) is 7.05 Å². The molecule has 0 aliphatic heterocycles. The average molecular weight is 265 g/mol. The van der Waals surface area contributed by atoms with Crippen molar-refractivity contribution in [2.45, 2.75) is 19.4 Å². The summed E-state index contributed by atoms with van der Waals surface area (Å²) in [5, 5.41) is 3.11. The van der Waals surface area contributed by atoms with Crippen molar-refractivity contribution in [1.29, 1.82) is 0 Å². The number of likely N-dealkylation sites (N-methyl/N-ethyl adjacent to an activating group) is 1. The first-order valence-electron chi connectivity index (χ1n) is 6.27. The number of nitrogens with zero attached hydrogens (tertiary/aromatic N) is 2. The molecule has 19 heavy (non-hydrogen) atoms. The SMILES string of the molecule is CCNC(Cc1nccn1C)c1c(F)cccc1F. The summed E-state index contributed by atoms with van der Waals surface area (Å²) in [6.07, 6.45) is 3.93. The lowest BCUT2D eigenvalue weighted by atomic mass is 10.0. The number of imidazole rings is 1. The molecule has 1 aromatic heterocycles.